The van der Waals surface area contributed by atoms with Gasteiger partial charge in [0.1, 0.15) is 12.4 Å². The maximum absolute atomic E-state index is 12.7. The fourth-order valence-corrected chi connectivity index (χ4v) is 4.81. The maximum atomic E-state index is 12.7. The van der Waals surface area contributed by atoms with E-state index in [2.05, 4.69) is 22.2 Å². The number of para-hydroxylation sites is 1. The van der Waals surface area contributed by atoms with E-state index in [1.807, 2.05) is 51.1 Å². The number of amides is 1. The molecule has 0 radical (unpaired) electrons. The van der Waals surface area contributed by atoms with Crippen LogP contribution in [0.2, 0.25) is 0 Å². The molecule has 0 aliphatic rings. The smallest absolute Gasteiger partial charge is 0.321 e. The summed E-state index contributed by atoms with van der Waals surface area (Å²) in [6, 6.07) is 22.9. The number of hydrogen-bond donors (Lipinski definition) is 2. The number of nitrogens with one attached hydrogen (secondary N) is 2. The summed E-state index contributed by atoms with van der Waals surface area (Å²) in [5.74, 6) is -1.08. The first kappa shape index (κ1) is 26.8. The van der Waals surface area contributed by atoms with Crippen LogP contribution in [0.4, 0.5) is 5.82 Å². The van der Waals surface area contributed by atoms with Crippen molar-refractivity contribution in [1.82, 2.24) is 14.5 Å². The van der Waals surface area contributed by atoms with Gasteiger partial charge in [-0.25, -0.2) is 13.1 Å². The first-order valence-corrected chi connectivity index (χ1v) is 13.4. The van der Waals surface area contributed by atoms with Gasteiger partial charge < -0.3 is 10.1 Å². The van der Waals surface area contributed by atoms with Crippen LogP contribution in [-0.2, 0) is 24.3 Å². The van der Waals surface area contributed by atoms with E-state index in [4.69, 9.17) is 9.84 Å². The van der Waals surface area contributed by atoms with Crippen molar-refractivity contribution in [2.24, 2.45) is 0 Å². The van der Waals surface area contributed by atoms with Crippen LogP contribution < -0.4 is 10.0 Å². The number of rotatable bonds is 9. The predicted molar refractivity (Wildman–Crippen MR) is 144 cm³/mol. The minimum absolute atomic E-state index is 0.0227. The number of hydrogen-bond acceptors (Lipinski definition) is 6. The third kappa shape index (κ3) is 6.34. The summed E-state index contributed by atoms with van der Waals surface area (Å²) in [6.45, 7) is 4.89. The highest BCUT2D eigenvalue weighted by molar-refractivity contribution is 7.89. The number of aromatic nitrogens is 2. The monoisotopic (exact) mass is 532 g/mol. The number of nitrogens with zero attached hydrogens (tertiary/aromatic N) is 2. The van der Waals surface area contributed by atoms with Gasteiger partial charge in [-0.05, 0) is 67.8 Å². The average molecular weight is 533 g/mol. The van der Waals surface area contributed by atoms with E-state index in [0.29, 0.717) is 11.5 Å². The minimum Gasteiger partial charge on any atom is -0.455 e. The molecule has 0 fully saturated rings. The number of sulfonamides is 1. The van der Waals surface area contributed by atoms with Crippen LogP contribution in [0.3, 0.4) is 0 Å². The van der Waals surface area contributed by atoms with Crippen LogP contribution in [0.25, 0.3) is 16.9 Å². The molecule has 1 heterocycles. The zero-order valence-corrected chi connectivity index (χ0v) is 22.1. The molecule has 10 heteroatoms. The van der Waals surface area contributed by atoms with Crippen LogP contribution in [0.1, 0.15) is 16.7 Å². The van der Waals surface area contributed by atoms with Crippen molar-refractivity contribution in [2.45, 2.75) is 25.7 Å². The zero-order chi connectivity index (χ0) is 27.3. The number of anilines is 1. The molecule has 0 saturated carbocycles. The van der Waals surface area contributed by atoms with Gasteiger partial charge in [-0.2, -0.15) is 9.82 Å². The Labute approximate surface area is 221 Å². The molecule has 196 valence electrons. The lowest BCUT2D eigenvalue weighted by atomic mass is 9.99. The summed E-state index contributed by atoms with van der Waals surface area (Å²) in [5.41, 5.74) is 5.71. The second-order valence-corrected chi connectivity index (χ2v) is 10.5. The van der Waals surface area contributed by atoms with Gasteiger partial charge in [-0.15, -0.1) is 0 Å². The van der Waals surface area contributed by atoms with E-state index in [9.17, 15) is 18.0 Å². The van der Waals surface area contributed by atoms with Crippen LogP contribution in [0, 0.1) is 20.8 Å². The van der Waals surface area contributed by atoms with E-state index in [1.165, 1.54) is 17.7 Å². The van der Waals surface area contributed by atoms with Crippen LogP contribution in [0.15, 0.2) is 83.8 Å². The first-order valence-electron chi connectivity index (χ1n) is 11.9. The zero-order valence-electron chi connectivity index (χ0n) is 21.3. The van der Waals surface area contributed by atoms with Crippen molar-refractivity contribution < 1.29 is 22.7 Å². The van der Waals surface area contributed by atoms with Gasteiger partial charge in [0, 0.05) is 11.6 Å². The molecule has 0 spiro atoms. The number of carbonyl (C=O) groups excluding carboxylic acids is 2. The van der Waals surface area contributed by atoms with E-state index >= 15 is 0 Å². The van der Waals surface area contributed by atoms with E-state index in [0.717, 1.165) is 22.4 Å². The summed E-state index contributed by atoms with van der Waals surface area (Å²) >= 11 is 0. The van der Waals surface area contributed by atoms with Gasteiger partial charge in [0.05, 0.1) is 16.3 Å². The van der Waals surface area contributed by atoms with Gasteiger partial charge in [0.15, 0.2) is 6.61 Å². The Bertz CT molecular complexity index is 1570. The second-order valence-electron chi connectivity index (χ2n) is 8.76. The number of ether oxygens (including phenoxy) is 1. The van der Waals surface area contributed by atoms with Gasteiger partial charge in [-0.3, -0.25) is 9.59 Å². The molecule has 0 unspecified atom stereocenters. The normalized spacial score (nSPS) is 11.2. The second kappa shape index (κ2) is 11.4. The summed E-state index contributed by atoms with van der Waals surface area (Å²) in [4.78, 5) is 24.8. The maximum Gasteiger partial charge on any atom is 0.321 e. The third-order valence-corrected chi connectivity index (χ3v) is 7.34. The van der Waals surface area contributed by atoms with E-state index < -0.39 is 35.1 Å². The Morgan fingerprint density at radius 3 is 2.18 bits per heavy atom. The fourth-order valence-electron chi connectivity index (χ4n) is 3.82. The van der Waals surface area contributed by atoms with Crippen LogP contribution >= 0.6 is 0 Å². The molecule has 0 aliphatic carbocycles. The van der Waals surface area contributed by atoms with Crippen LogP contribution in [0.5, 0.6) is 0 Å². The van der Waals surface area contributed by atoms with Crippen molar-refractivity contribution in [1.29, 1.82) is 0 Å². The van der Waals surface area contributed by atoms with Gasteiger partial charge in [0.25, 0.3) is 5.91 Å². The molecule has 1 amide bonds. The fraction of sp³-hybridized carbons (Fsp3) is 0.179. The topological polar surface area (TPSA) is 119 Å². The standard InChI is InChI=1S/C28H28N4O5S/c1-19-14-21(3)24(15-20(19)2)25-16-26(32(31-25)22-10-6-4-7-11-22)30-27(33)18-37-28(34)17-29-38(35,36)23-12-8-5-9-13-23/h4-16,29H,17-18H2,1-3H3,(H,30,33). The number of aryl methyl sites for hydroxylation is 3. The average Bonchev–Trinajstić information content (AvgIpc) is 3.32. The summed E-state index contributed by atoms with van der Waals surface area (Å²) in [7, 11) is -3.87. The van der Waals surface area contributed by atoms with Crippen molar-refractivity contribution in [3.05, 3.63) is 95.6 Å². The molecular weight excluding hydrogens is 504 g/mol. The predicted octanol–water partition coefficient (Wildman–Crippen LogP) is 3.92. The van der Waals surface area contributed by atoms with Gasteiger partial charge >= 0.3 is 5.97 Å². The molecule has 0 aliphatic heterocycles. The lowest BCUT2D eigenvalue weighted by molar-refractivity contribution is -0.146. The van der Waals surface area contributed by atoms with Gasteiger partial charge in [-0.1, -0.05) is 42.5 Å². The molecule has 1 aromatic heterocycles. The summed E-state index contributed by atoms with van der Waals surface area (Å²) in [5, 5.41) is 7.48. The molecule has 3 aromatic carbocycles. The summed E-state index contributed by atoms with van der Waals surface area (Å²) < 4.78 is 33.3. The van der Waals surface area contributed by atoms with Crippen molar-refractivity contribution >= 4 is 27.7 Å². The highest BCUT2D eigenvalue weighted by atomic mass is 32.2. The Morgan fingerprint density at radius 1 is 0.868 bits per heavy atom. The molecular formula is C28H28N4O5S. The molecule has 4 aromatic rings. The van der Waals surface area contributed by atoms with Crippen molar-refractivity contribution in [3.63, 3.8) is 0 Å². The molecule has 0 saturated heterocycles. The minimum atomic E-state index is -3.87. The molecule has 0 atom stereocenters. The third-order valence-electron chi connectivity index (χ3n) is 5.92. The van der Waals surface area contributed by atoms with Gasteiger partial charge in [0.2, 0.25) is 10.0 Å². The number of carbonyl (C=O) groups is 2. The Morgan fingerprint density at radius 2 is 1.50 bits per heavy atom. The van der Waals surface area contributed by atoms with Crippen molar-refractivity contribution in [2.75, 3.05) is 18.5 Å². The summed E-state index contributed by atoms with van der Waals surface area (Å²) in [6.07, 6.45) is 0. The lowest BCUT2D eigenvalue weighted by Crippen LogP contribution is -2.32. The quantitative estimate of drug-likeness (QED) is 0.315. The molecule has 4 rings (SSSR count). The molecule has 38 heavy (non-hydrogen) atoms. The number of benzene rings is 3. The Balaban J connectivity index is 1.46. The lowest BCUT2D eigenvalue weighted by Gasteiger charge is -2.10. The number of esters is 1. The SMILES string of the molecule is Cc1cc(C)c(-c2cc(NC(=O)COC(=O)CNS(=O)(=O)c3ccccc3)n(-c3ccccc3)n2)cc1C. The highest BCUT2D eigenvalue weighted by Gasteiger charge is 2.18. The first-order chi connectivity index (χ1) is 18.1. The van der Waals surface area contributed by atoms with Crippen LogP contribution in [-0.4, -0.2) is 43.2 Å². The van der Waals surface area contributed by atoms with E-state index in [-0.39, 0.29) is 4.90 Å². The molecule has 2 N–H and O–H groups in total. The Hall–Kier alpha value is -4.28. The Kier molecular flexibility index (Phi) is 8.04. The largest absolute Gasteiger partial charge is 0.455 e. The van der Waals surface area contributed by atoms with E-state index in [1.54, 1.807) is 28.9 Å². The molecule has 9 nitrogen and oxygen atoms in total. The molecule has 0 bridgehead atoms. The highest BCUT2D eigenvalue weighted by Crippen LogP contribution is 2.29. The van der Waals surface area contributed by atoms with Crippen molar-refractivity contribution in [3.8, 4) is 16.9 Å².